The van der Waals surface area contributed by atoms with Gasteiger partial charge in [-0.3, -0.25) is 4.68 Å². The van der Waals surface area contributed by atoms with Crippen molar-refractivity contribution in [2.24, 2.45) is 7.05 Å². The lowest BCUT2D eigenvalue weighted by Crippen LogP contribution is -2.30. The SMILES string of the molecule is COc1ccc(Nc2nc(N3CCCCC3)c3cnn(C)c3n2)cc1OC.Cl. The van der Waals surface area contributed by atoms with Gasteiger partial charge in [0.25, 0.3) is 0 Å². The first-order valence-corrected chi connectivity index (χ1v) is 9.13. The number of nitrogens with zero attached hydrogens (tertiary/aromatic N) is 5. The molecule has 0 aliphatic carbocycles. The molecule has 0 amide bonds. The van der Waals surface area contributed by atoms with Crippen molar-refractivity contribution in [1.29, 1.82) is 0 Å². The molecule has 1 aromatic carbocycles. The summed E-state index contributed by atoms with van der Waals surface area (Å²) in [6.07, 6.45) is 5.49. The monoisotopic (exact) mass is 404 g/mol. The fourth-order valence-electron chi connectivity index (χ4n) is 3.45. The largest absolute Gasteiger partial charge is 0.493 e. The number of hydrogen-bond donors (Lipinski definition) is 1. The van der Waals surface area contributed by atoms with Gasteiger partial charge in [-0.15, -0.1) is 12.4 Å². The van der Waals surface area contributed by atoms with Gasteiger partial charge in [0, 0.05) is 31.9 Å². The van der Waals surface area contributed by atoms with Gasteiger partial charge in [-0.1, -0.05) is 0 Å². The standard InChI is InChI=1S/C19H24N6O2.ClH/c1-24-17-14(12-20-24)18(25-9-5-4-6-10-25)23-19(22-17)21-13-7-8-15(26-2)16(11-13)27-3;/h7-8,11-12H,4-6,9-10H2,1-3H3,(H,21,22,23);1H. The molecule has 150 valence electrons. The molecule has 1 saturated heterocycles. The number of benzene rings is 1. The maximum atomic E-state index is 5.38. The van der Waals surface area contributed by atoms with E-state index in [0.29, 0.717) is 17.4 Å². The van der Waals surface area contributed by atoms with Gasteiger partial charge in [0.15, 0.2) is 17.1 Å². The fraction of sp³-hybridized carbons (Fsp3) is 0.421. The molecule has 4 rings (SSSR count). The predicted molar refractivity (Wildman–Crippen MR) is 112 cm³/mol. The molecule has 0 saturated carbocycles. The van der Waals surface area contributed by atoms with E-state index in [0.717, 1.165) is 35.6 Å². The highest BCUT2D eigenvalue weighted by atomic mass is 35.5. The topological polar surface area (TPSA) is 77.3 Å². The summed E-state index contributed by atoms with van der Waals surface area (Å²) in [5, 5.41) is 8.65. The molecule has 0 bridgehead atoms. The van der Waals surface area contributed by atoms with Crippen LogP contribution in [0.2, 0.25) is 0 Å². The van der Waals surface area contributed by atoms with E-state index in [2.05, 4.69) is 20.3 Å². The number of fused-ring (bicyclic) bond motifs is 1. The average Bonchev–Trinajstić information content (AvgIpc) is 3.09. The van der Waals surface area contributed by atoms with Gasteiger partial charge in [-0.25, -0.2) is 0 Å². The minimum Gasteiger partial charge on any atom is -0.493 e. The lowest BCUT2D eigenvalue weighted by Gasteiger charge is -2.28. The minimum atomic E-state index is 0. The van der Waals surface area contributed by atoms with Crippen molar-refractivity contribution in [2.75, 3.05) is 37.5 Å². The Labute approximate surface area is 170 Å². The quantitative estimate of drug-likeness (QED) is 0.696. The van der Waals surface area contributed by atoms with Crippen LogP contribution in [-0.4, -0.2) is 47.1 Å². The summed E-state index contributed by atoms with van der Waals surface area (Å²) in [5.41, 5.74) is 1.65. The molecular formula is C19H25ClN6O2. The van der Waals surface area contributed by atoms with E-state index < -0.39 is 0 Å². The van der Waals surface area contributed by atoms with Gasteiger partial charge < -0.3 is 19.7 Å². The molecular weight excluding hydrogens is 380 g/mol. The maximum Gasteiger partial charge on any atom is 0.231 e. The highest BCUT2D eigenvalue weighted by molar-refractivity contribution is 5.88. The van der Waals surface area contributed by atoms with Gasteiger partial charge in [0.05, 0.1) is 25.8 Å². The summed E-state index contributed by atoms with van der Waals surface area (Å²) in [4.78, 5) is 11.8. The Hall–Kier alpha value is -2.74. The Bertz CT molecular complexity index is 955. The van der Waals surface area contributed by atoms with Crippen molar-refractivity contribution in [3.05, 3.63) is 24.4 Å². The van der Waals surface area contributed by atoms with Crippen LogP contribution < -0.4 is 19.7 Å². The molecule has 8 nitrogen and oxygen atoms in total. The van der Waals surface area contributed by atoms with E-state index >= 15 is 0 Å². The van der Waals surface area contributed by atoms with Crippen molar-refractivity contribution in [3.63, 3.8) is 0 Å². The number of ether oxygens (including phenoxy) is 2. The molecule has 1 aliphatic rings. The second-order valence-electron chi connectivity index (χ2n) is 6.62. The van der Waals surface area contributed by atoms with Gasteiger partial charge in [0.2, 0.25) is 5.95 Å². The number of anilines is 3. The summed E-state index contributed by atoms with van der Waals surface area (Å²) < 4.78 is 12.5. The molecule has 1 N–H and O–H groups in total. The molecule has 28 heavy (non-hydrogen) atoms. The highest BCUT2D eigenvalue weighted by Gasteiger charge is 2.19. The lowest BCUT2D eigenvalue weighted by atomic mass is 10.1. The molecule has 0 radical (unpaired) electrons. The molecule has 0 spiro atoms. The van der Waals surface area contributed by atoms with Crippen molar-refractivity contribution in [2.45, 2.75) is 19.3 Å². The van der Waals surface area contributed by atoms with E-state index in [-0.39, 0.29) is 12.4 Å². The molecule has 2 aromatic heterocycles. The van der Waals surface area contributed by atoms with Gasteiger partial charge in [0.1, 0.15) is 5.82 Å². The third kappa shape index (κ3) is 3.77. The molecule has 3 aromatic rings. The lowest BCUT2D eigenvalue weighted by molar-refractivity contribution is 0.355. The van der Waals surface area contributed by atoms with Crippen LogP contribution in [0.1, 0.15) is 19.3 Å². The van der Waals surface area contributed by atoms with E-state index in [1.807, 2.05) is 31.4 Å². The average molecular weight is 405 g/mol. The zero-order chi connectivity index (χ0) is 18.8. The zero-order valence-electron chi connectivity index (χ0n) is 16.3. The summed E-state index contributed by atoms with van der Waals surface area (Å²) in [7, 11) is 5.14. The number of piperidine rings is 1. The van der Waals surface area contributed by atoms with Crippen LogP contribution in [-0.2, 0) is 7.05 Å². The van der Waals surface area contributed by atoms with Crippen LogP contribution in [0.4, 0.5) is 17.5 Å². The second kappa shape index (κ2) is 8.52. The van der Waals surface area contributed by atoms with Crippen molar-refractivity contribution >= 4 is 40.9 Å². The summed E-state index contributed by atoms with van der Waals surface area (Å²) in [6.45, 7) is 2.02. The number of rotatable bonds is 5. The first-order valence-electron chi connectivity index (χ1n) is 9.13. The normalized spacial score (nSPS) is 13.9. The smallest absolute Gasteiger partial charge is 0.231 e. The Morgan fingerprint density at radius 3 is 2.46 bits per heavy atom. The first-order chi connectivity index (χ1) is 13.2. The third-order valence-electron chi connectivity index (χ3n) is 4.87. The van der Waals surface area contributed by atoms with Crippen molar-refractivity contribution < 1.29 is 9.47 Å². The molecule has 9 heteroatoms. The highest BCUT2D eigenvalue weighted by Crippen LogP contribution is 2.32. The Kier molecular flexibility index (Phi) is 6.08. The number of hydrogen-bond acceptors (Lipinski definition) is 7. The number of aromatic nitrogens is 4. The molecule has 0 unspecified atom stereocenters. The summed E-state index contributed by atoms with van der Waals surface area (Å²) >= 11 is 0. The molecule has 1 fully saturated rings. The second-order valence-corrected chi connectivity index (χ2v) is 6.62. The van der Waals surface area contributed by atoms with Crippen molar-refractivity contribution in [3.8, 4) is 11.5 Å². The van der Waals surface area contributed by atoms with Crippen LogP contribution in [0, 0.1) is 0 Å². The Morgan fingerprint density at radius 2 is 1.75 bits per heavy atom. The Balaban J connectivity index is 0.00000225. The number of nitrogens with one attached hydrogen (secondary N) is 1. The van der Waals surface area contributed by atoms with Crippen LogP contribution in [0.15, 0.2) is 24.4 Å². The van der Waals surface area contributed by atoms with Gasteiger partial charge in [-0.05, 0) is 31.4 Å². The van der Waals surface area contributed by atoms with Crippen LogP contribution >= 0.6 is 12.4 Å². The number of methoxy groups -OCH3 is 2. The maximum absolute atomic E-state index is 5.38. The van der Waals surface area contributed by atoms with E-state index in [1.54, 1.807) is 18.9 Å². The number of halogens is 1. The number of aryl methyl sites for hydroxylation is 1. The Morgan fingerprint density at radius 1 is 1.00 bits per heavy atom. The predicted octanol–water partition coefficient (Wildman–Crippen LogP) is 3.54. The first kappa shape index (κ1) is 20.0. The molecule has 3 heterocycles. The zero-order valence-corrected chi connectivity index (χ0v) is 17.1. The van der Waals surface area contributed by atoms with Gasteiger partial charge in [-0.2, -0.15) is 15.1 Å². The summed E-state index contributed by atoms with van der Waals surface area (Å²) in [6, 6.07) is 5.64. The van der Waals surface area contributed by atoms with Crippen LogP contribution in [0.3, 0.4) is 0 Å². The fourth-order valence-corrected chi connectivity index (χ4v) is 3.45. The molecule has 1 aliphatic heterocycles. The van der Waals surface area contributed by atoms with Gasteiger partial charge >= 0.3 is 0 Å². The van der Waals surface area contributed by atoms with E-state index in [9.17, 15) is 0 Å². The summed E-state index contributed by atoms with van der Waals surface area (Å²) in [5.74, 6) is 2.81. The van der Waals surface area contributed by atoms with E-state index in [4.69, 9.17) is 14.5 Å². The third-order valence-corrected chi connectivity index (χ3v) is 4.87. The van der Waals surface area contributed by atoms with E-state index in [1.165, 1.54) is 19.3 Å². The van der Waals surface area contributed by atoms with Crippen molar-refractivity contribution in [1.82, 2.24) is 19.7 Å². The van der Waals surface area contributed by atoms with Crippen LogP contribution in [0.25, 0.3) is 11.0 Å². The van der Waals surface area contributed by atoms with Crippen LogP contribution in [0.5, 0.6) is 11.5 Å². The molecule has 0 atom stereocenters. The minimum absolute atomic E-state index is 0.